The zero-order chi connectivity index (χ0) is 6.24. The first-order valence-electron chi connectivity index (χ1n) is 2.96. The zero-order valence-corrected chi connectivity index (χ0v) is 6.37. The summed E-state index contributed by atoms with van der Waals surface area (Å²) >= 11 is 1.87. The van der Waals surface area contributed by atoms with Crippen LogP contribution in [0.5, 0.6) is 0 Å². The molecule has 0 aromatic rings. The molecule has 0 amide bonds. The quantitative estimate of drug-likeness (QED) is 0.415. The summed E-state index contributed by atoms with van der Waals surface area (Å²) in [4.78, 5) is 0. The van der Waals surface area contributed by atoms with E-state index in [0.29, 0.717) is 0 Å². The van der Waals surface area contributed by atoms with Crippen molar-refractivity contribution in [1.29, 1.82) is 0 Å². The molecule has 0 aliphatic heterocycles. The van der Waals surface area contributed by atoms with E-state index < -0.39 is 0 Å². The second-order valence-electron chi connectivity index (χ2n) is 1.48. The van der Waals surface area contributed by atoms with E-state index in [1.165, 1.54) is 6.42 Å². The van der Waals surface area contributed by atoms with E-state index in [0.717, 1.165) is 5.75 Å². The Hall–Kier alpha value is 0.0900. The molecule has 0 spiro atoms. The Labute approximate surface area is 56.4 Å². The minimum Gasteiger partial charge on any atom is -0.153 e. The molecule has 0 nitrogen and oxygen atoms in total. The Balaban J connectivity index is 2.72. The lowest BCUT2D eigenvalue weighted by molar-refractivity contribution is 1.20. The van der Waals surface area contributed by atoms with E-state index in [1.807, 2.05) is 18.7 Å². The molecule has 0 fully saturated rings. The van der Waals surface area contributed by atoms with Crippen LogP contribution in [0.25, 0.3) is 0 Å². The molecule has 0 bridgehead atoms. The first-order valence-corrected chi connectivity index (χ1v) is 4.01. The van der Waals surface area contributed by atoms with Crippen molar-refractivity contribution in [3.05, 3.63) is 17.9 Å². The van der Waals surface area contributed by atoms with Gasteiger partial charge in [0.1, 0.15) is 0 Å². The summed E-state index contributed by atoms with van der Waals surface area (Å²) in [6.07, 6.45) is 5.41. The minimum atomic E-state index is 1.13. The van der Waals surface area contributed by atoms with Gasteiger partial charge in [-0.05, 0) is 13.3 Å². The average molecular weight is 129 g/mol. The first-order chi connectivity index (χ1) is 3.91. The maximum Gasteiger partial charge on any atom is 0.0167 e. The van der Waals surface area contributed by atoms with E-state index in [9.17, 15) is 0 Å². The number of hydrogen-bond donors (Lipinski definition) is 0. The van der Waals surface area contributed by atoms with Crippen LogP contribution in [0, 0.1) is 5.75 Å². The zero-order valence-electron chi connectivity index (χ0n) is 5.55. The molecule has 0 N–H and O–H groups in total. The summed E-state index contributed by atoms with van der Waals surface area (Å²) in [5, 5.41) is 0. The van der Waals surface area contributed by atoms with Crippen LogP contribution in [-0.4, -0.2) is 5.75 Å². The molecular formula is C7H13S. The van der Waals surface area contributed by atoms with Gasteiger partial charge in [-0.15, -0.1) is 0 Å². The fraction of sp³-hybridized carbons (Fsp3) is 0.571. The van der Waals surface area contributed by atoms with Gasteiger partial charge in [0.15, 0.2) is 0 Å². The Morgan fingerprint density at radius 3 is 2.75 bits per heavy atom. The van der Waals surface area contributed by atoms with E-state index >= 15 is 0 Å². The maximum absolute atomic E-state index is 2.22. The maximum atomic E-state index is 2.22. The molecule has 0 saturated carbocycles. The Kier molecular flexibility index (Phi) is 7.17. The molecule has 0 saturated heterocycles. The smallest absolute Gasteiger partial charge is 0.0167 e. The SMILES string of the molecule is C/C=C/CS[CH]CC. The van der Waals surface area contributed by atoms with Crippen LogP contribution in [0.2, 0.25) is 0 Å². The summed E-state index contributed by atoms with van der Waals surface area (Å²) in [5.74, 6) is 3.35. The van der Waals surface area contributed by atoms with Crippen molar-refractivity contribution in [2.75, 3.05) is 5.75 Å². The Bertz CT molecular complexity index is 57.4. The van der Waals surface area contributed by atoms with Gasteiger partial charge >= 0.3 is 0 Å². The van der Waals surface area contributed by atoms with Gasteiger partial charge in [0, 0.05) is 11.5 Å². The van der Waals surface area contributed by atoms with Gasteiger partial charge in [-0.1, -0.05) is 19.1 Å². The van der Waals surface area contributed by atoms with Crippen molar-refractivity contribution in [3.8, 4) is 0 Å². The third kappa shape index (κ3) is 6.09. The largest absolute Gasteiger partial charge is 0.153 e. The monoisotopic (exact) mass is 129 g/mol. The fourth-order valence-electron chi connectivity index (χ4n) is 0.338. The van der Waals surface area contributed by atoms with Gasteiger partial charge in [-0.2, -0.15) is 11.8 Å². The van der Waals surface area contributed by atoms with Gasteiger partial charge in [0.2, 0.25) is 0 Å². The summed E-state index contributed by atoms with van der Waals surface area (Å²) in [6.45, 7) is 4.20. The van der Waals surface area contributed by atoms with Crippen LogP contribution in [0.4, 0.5) is 0 Å². The van der Waals surface area contributed by atoms with Gasteiger partial charge in [0.05, 0.1) is 0 Å². The molecule has 0 aromatic heterocycles. The van der Waals surface area contributed by atoms with Crippen molar-refractivity contribution in [2.24, 2.45) is 0 Å². The first kappa shape index (κ1) is 8.09. The standard InChI is InChI=1S/C7H13S/c1-3-5-7-8-6-4-2/h3,5-6H,4,7H2,1-2H3/b5-3+. The number of rotatable bonds is 4. The average Bonchev–Trinajstić information content (AvgIpc) is 1.81. The highest BCUT2D eigenvalue weighted by Crippen LogP contribution is 2.06. The molecule has 1 heteroatoms. The van der Waals surface area contributed by atoms with Gasteiger partial charge in [-0.3, -0.25) is 0 Å². The van der Waals surface area contributed by atoms with E-state index in [1.54, 1.807) is 0 Å². The van der Waals surface area contributed by atoms with E-state index in [-0.39, 0.29) is 0 Å². The molecule has 0 rings (SSSR count). The predicted molar refractivity (Wildman–Crippen MR) is 41.9 cm³/mol. The van der Waals surface area contributed by atoms with Crippen molar-refractivity contribution in [2.45, 2.75) is 20.3 Å². The molecule has 0 atom stereocenters. The van der Waals surface area contributed by atoms with Crippen molar-refractivity contribution >= 4 is 11.8 Å². The molecule has 0 unspecified atom stereocenters. The highest BCUT2D eigenvalue weighted by Gasteiger charge is 1.78. The molecule has 8 heavy (non-hydrogen) atoms. The van der Waals surface area contributed by atoms with Crippen LogP contribution in [0.3, 0.4) is 0 Å². The highest BCUT2D eigenvalue weighted by molar-refractivity contribution is 8.01. The van der Waals surface area contributed by atoms with Crippen LogP contribution in [0.1, 0.15) is 20.3 Å². The van der Waals surface area contributed by atoms with Crippen LogP contribution in [0.15, 0.2) is 12.2 Å². The number of allylic oxidation sites excluding steroid dienone is 1. The molecule has 1 radical (unpaired) electrons. The fourth-order valence-corrected chi connectivity index (χ4v) is 1.01. The Morgan fingerprint density at radius 1 is 1.50 bits per heavy atom. The molecular weight excluding hydrogens is 116 g/mol. The normalized spacial score (nSPS) is 10.8. The summed E-state index contributed by atoms with van der Waals surface area (Å²) in [7, 11) is 0. The van der Waals surface area contributed by atoms with E-state index in [2.05, 4.69) is 24.8 Å². The third-order valence-electron chi connectivity index (χ3n) is 0.713. The second kappa shape index (κ2) is 7.09. The lowest BCUT2D eigenvalue weighted by Gasteiger charge is -1.88. The van der Waals surface area contributed by atoms with E-state index in [4.69, 9.17) is 0 Å². The predicted octanol–water partition coefficient (Wildman–Crippen LogP) is 2.87. The van der Waals surface area contributed by atoms with Crippen molar-refractivity contribution in [1.82, 2.24) is 0 Å². The molecule has 0 aliphatic carbocycles. The minimum absolute atomic E-state index is 1.13. The molecule has 0 heterocycles. The molecule has 0 aliphatic rings. The highest BCUT2D eigenvalue weighted by atomic mass is 32.2. The van der Waals surface area contributed by atoms with Crippen LogP contribution in [-0.2, 0) is 0 Å². The third-order valence-corrected chi connectivity index (χ3v) is 1.67. The van der Waals surface area contributed by atoms with Crippen LogP contribution >= 0.6 is 11.8 Å². The van der Waals surface area contributed by atoms with Crippen LogP contribution < -0.4 is 0 Å². The lowest BCUT2D eigenvalue weighted by atomic mass is 10.6. The van der Waals surface area contributed by atoms with Gasteiger partial charge in [-0.25, -0.2) is 0 Å². The molecule has 47 valence electrons. The van der Waals surface area contributed by atoms with Crippen molar-refractivity contribution < 1.29 is 0 Å². The lowest BCUT2D eigenvalue weighted by Crippen LogP contribution is -1.67. The van der Waals surface area contributed by atoms with Gasteiger partial charge < -0.3 is 0 Å². The number of hydrogen-bond acceptors (Lipinski definition) is 1. The summed E-state index contributed by atoms with van der Waals surface area (Å²) in [5.41, 5.74) is 0. The summed E-state index contributed by atoms with van der Waals surface area (Å²) in [6, 6.07) is 0. The van der Waals surface area contributed by atoms with Gasteiger partial charge in [0.25, 0.3) is 0 Å². The molecule has 0 aromatic carbocycles. The van der Waals surface area contributed by atoms with Crippen molar-refractivity contribution in [3.63, 3.8) is 0 Å². The topological polar surface area (TPSA) is 0 Å². The second-order valence-corrected chi connectivity index (χ2v) is 2.48. The Morgan fingerprint density at radius 2 is 2.25 bits per heavy atom. The summed E-state index contributed by atoms with van der Waals surface area (Å²) < 4.78 is 0. The number of thioether (sulfide) groups is 1.